The minimum atomic E-state index is 0.221. The molecule has 1 aliphatic heterocycles. The molecule has 1 saturated heterocycles. The molecule has 2 unspecified atom stereocenters. The van der Waals surface area contributed by atoms with Gasteiger partial charge in [0.1, 0.15) is 0 Å². The van der Waals surface area contributed by atoms with Gasteiger partial charge in [0.25, 0.3) is 0 Å². The molecule has 0 spiro atoms. The van der Waals surface area contributed by atoms with Crippen molar-refractivity contribution in [3.05, 3.63) is 29.6 Å². The molecule has 100 valence electrons. The molecule has 0 radical (unpaired) electrons. The molecule has 3 nitrogen and oxygen atoms in total. The van der Waals surface area contributed by atoms with Crippen molar-refractivity contribution in [3.8, 4) is 0 Å². The van der Waals surface area contributed by atoms with E-state index in [0.717, 1.165) is 26.1 Å². The van der Waals surface area contributed by atoms with Crippen molar-refractivity contribution in [2.75, 3.05) is 19.7 Å². The van der Waals surface area contributed by atoms with Gasteiger partial charge in [-0.25, -0.2) is 0 Å². The summed E-state index contributed by atoms with van der Waals surface area (Å²) in [4.78, 5) is 4.23. The van der Waals surface area contributed by atoms with Gasteiger partial charge in [-0.05, 0) is 37.4 Å². The molecule has 1 N–H and O–H groups in total. The summed E-state index contributed by atoms with van der Waals surface area (Å²) in [6.07, 6.45) is 5.17. The number of nitrogens with zero attached hydrogens (tertiary/aromatic N) is 1. The summed E-state index contributed by atoms with van der Waals surface area (Å²) in [7, 11) is 0. The lowest BCUT2D eigenvalue weighted by atomic mass is 9.93. The second-order valence-electron chi connectivity index (χ2n) is 5.62. The van der Waals surface area contributed by atoms with Crippen molar-refractivity contribution in [2.45, 2.75) is 33.3 Å². The average Bonchev–Trinajstić information content (AvgIpc) is 2.77. The van der Waals surface area contributed by atoms with Crippen molar-refractivity contribution in [2.24, 2.45) is 11.8 Å². The quantitative estimate of drug-likeness (QED) is 0.870. The standard InChI is InChI=1S/C15H24N2O/c1-11(2)8-17-9-13-5-7-18-15(13)14-10-16-6-4-12(14)3/h4,6,10-11,13,15,17H,5,7-9H2,1-3H3. The zero-order valence-corrected chi connectivity index (χ0v) is 11.6. The third-order valence-corrected chi connectivity index (χ3v) is 3.56. The molecule has 0 saturated carbocycles. The first kappa shape index (κ1) is 13.5. The zero-order chi connectivity index (χ0) is 13.0. The van der Waals surface area contributed by atoms with Gasteiger partial charge in [-0.3, -0.25) is 4.98 Å². The third-order valence-electron chi connectivity index (χ3n) is 3.56. The Morgan fingerprint density at radius 1 is 1.50 bits per heavy atom. The topological polar surface area (TPSA) is 34.1 Å². The van der Waals surface area contributed by atoms with Crippen LogP contribution in [-0.4, -0.2) is 24.7 Å². The maximum Gasteiger partial charge on any atom is 0.0883 e. The number of rotatable bonds is 5. The summed E-state index contributed by atoms with van der Waals surface area (Å²) in [5, 5.41) is 3.55. The Bertz CT molecular complexity index is 379. The predicted octanol–water partition coefficient (Wildman–Crippen LogP) is 2.71. The molecule has 2 rings (SSSR count). The fourth-order valence-electron chi connectivity index (χ4n) is 2.52. The SMILES string of the molecule is Cc1ccncc1C1OCCC1CNCC(C)C. The van der Waals surface area contributed by atoms with E-state index >= 15 is 0 Å². The van der Waals surface area contributed by atoms with Gasteiger partial charge in [-0.2, -0.15) is 0 Å². The van der Waals surface area contributed by atoms with E-state index in [2.05, 4.69) is 37.1 Å². The van der Waals surface area contributed by atoms with Crippen LogP contribution >= 0.6 is 0 Å². The predicted molar refractivity (Wildman–Crippen MR) is 73.5 cm³/mol. The smallest absolute Gasteiger partial charge is 0.0883 e. The second-order valence-corrected chi connectivity index (χ2v) is 5.62. The van der Waals surface area contributed by atoms with Crippen LogP contribution < -0.4 is 5.32 Å². The molecule has 18 heavy (non-hydrogen) atoms. The van der Waals surface area contributed by atoms with Gasteiger partial charge >= 0.3 is 0 Å². The highest BCUT2D eigenvalue weighted by Gasteiger charge is 2.30. The van der Waals surface area contributed by atoms with Crippen LogP contribution in [0.3, 0.4) is 0 Å². The van der Waals surface area contributed by atoms with E-state index < -0.39 is 0 Å². The number of aryl methyl sites for hydroxylation is 1. The van der Waals surface area contributed by atoms with E-state index in [0.29, 0.717) is 11.8 Å². The minimum Gasteiger partial charge on any atom is -0.373 e. The fraction of sp³-hybridized carbons (Fsp3) is 0.667. The molecule has 1 aromatic heterocycles. The molecule has 1 aliphatic rings. The number of aromatic nitrogens is 1. The van der Waals surface area contributed by atoms with Crippen molar-refractivity contribution < 1.29 is 4.74 Å². The summed E-state index contributed by atoms with van der Waals surface area (Å²) < 4.78 is 5.91. The number of ether oxygens (including phenoxy) is 1. The molecule has 2 heterocycles. The normalized spacial score (nSPS) is 23.8. The first-order valence-electron chi connectivity index (χ1n) is 6.91. The average molecular weight is 248 g/mol. The van der Waals surface area contributed by atoms with Crippen LogP contribution in [0.5, 0.6) is 0 Å². The van der Waals surface area contributed by atoms with Crippen LogP contribution in [0.1, 0.15) is 37.5 Å². The van der Waals surface area contributed by atoms with Gasteiger partial charge < -0.3 is 10.1 Å². The van der Waals surface area contributed by atoms with E-state index in [1.54, 1.807) is 0 Å². The first-order valence-corrected chi connectivity index (χ1v) is 6.91. The number of hydrogen-bond acceptors (Lipinski definition) is 3. The summed E-state index contributed by atoms with van der Waals surface area (Å²) in [5.41, 5.74) is 2.54. The molecule has 0 aliphatic carbocycles. The highest BCUT2D eigenvalue weighted by atomic mass is 16.5. The molecule has 0 bridgehead atoms. The molecule has 3 heteroatoms. The van der Waals surface area contributed by atoms with Crippen LogP contribution in [-0.2, 0) is 4.74 Å². The van der Waals surface area contributed by atoms with Crippen LogP contribution in [0.15, 0.2) is 18.5 Å². The van der Waals surface area contributed by atoms with Gasteiger partial charge in [0.05, 0.1) is 6.10 Å². The van der Waals surface area contributed by atoms with Crippen molar-refractivity contribution in [1.82, 2.24) is 10.3 Å². The monoisotopic (exact) mass is 248 g/mol. The van der Waals surface area contributed by atoms with Crippen LogP contribution in [0.25, 0.3) is 0 Å². The van der Waals surface area contributed by atoms with Crippen molar-refractivity contribution in [3.63, 3.8) is 0 Å². The maximum absolute atomic E-state index is 5.91. The Morgan fingerprint density at radius 2 is 2.33 bits per heavy atom. The van der Waals surface area contributed by atoms with Gasteiger partial charge in [-0.15, -0.1) is 0 Å². The molecule has 1 fully saturated rings. The summed E-state index contributed by atoms with van der Waals surface area (Å²) in [6.45, 7) is 9.60. The number of pyridine rings is 1. The minimum absolute atomic E-state index is 0.221. The highest BCUT2D eigenvalue weighted by Crippen LogP contribution is 2.35. The van der Waals surface area contributed by atoms with Crippen molar-refractivity contribution in [1.29, 1.82) is 0 Å². The van der Waals surface area contributed by atoms with E-state index in [4.69, 9.17) is 4.74 Å². The molecular formula is C15H24N2O. The highest BCUT2D eigenvalue weighted by molar-refractivity contribution is 5.25. The Labute approximate surface area is 110 Å². The van der Waals surface area contributed by atoms with Gasteiger partial charge in [-0.1, -0.05) is 13.8 Å². The largest absolute Gasteiger partial charge is 0.373 e. The van der Waals surface area contributed by atoms with E-state index in [9.17, 15) is 0 Å². The Balaban J connectivity index is 1.97. The zero-order valence-electron chi connectivity index (χ0n) is 11.6. The van der Waals surface area contributed by atoms with Crippen LogP contribution in [0.4, 0.5) is 0 Å². The van der Waals surface area contributed by atoms with Crippen molar-refractivity contribution >= 4 is 0 Å². The number of nitrogens with one attached hydrogen (secondary N) is 1. The van der Waals surface area contributed by atoms with Gasteiger partial charge in [0.15, 0.2) is 0 Å². The Kier molecular flexibility index (Phi) is 4.72. The Morgan fingerprint density at radius 3 is 3.06 bits per heavy atom. The van der Waals surface area contributed by atoms with Crippen LogP contribution in [0, 0.1) is 18.8 Å². The van der Waals surface area contributed by atoms with E-state index in [1.165, 1.54) is 11.1 Å². The second kappa shape index (κ2) is 6.30. The lowest BCUT2D eigenvalue weighted by Crippen LogP contribution is -2.28. The summed E-state index contributed by atoms with van der Waals surface area (Å²) in [5.74, 6) is 1.28. The van der Waals surface area contributed by atoms with Gasteiger partial charge in [0, 0.05) is 37.0 Å². The third kappa shape index (κ3) is 3.30. The van der Waals surface area contributed by atoms with E-state index in [1.807, 2.05) is 12.4 Å². The van der Waals surface area contributed by atoms with E-state index in [-0.39, 0.29) is 6.10 Å². The molecule has 0 amide bonds. The van der Waals surface area contributed by atoms with Gasteiger partial charge in [0.2, 0.25) is 0 Å². The molecule has 0 aromatic carbocycles. The summed E-state index contributed by atoms with van der Waals surface area (Å²) in [6, 6.07) is 2.07. The lowest BCUT2D eigenvalue weighted by molar-refractivity contribution is 0.0896. The number of hydrogen-bond donors (Lipinski definition) is 1. The maximum atomic E-state index is 5.91. The molecule has 2 atom stereocenters. The fourth-order valence-corrected chi connectivity index (χ4v) is 2.52. The molecule has 1 aromatic rings. The lowest BCUT2D eigenvalue weighted by Gasteiger charge is -2.21. The first-order chi connectivity index (χ1) is 8.68. The van der Waals surface area contributed by atoms with Crippen LogP contribution in [0.2, 0.25) is 0 Å². The Hall–Kier alpha value is -0.930. The summed E-state index contributed by atoms with van der Waals surface area (Å²) >= 11 is 0. The molecular weight excluding hydrogens is 224 g/mol.